The average molecular weight is 458 g/mol. The van der Waals surface area contributed by atoms with Crippen LogP contribution in [0.15, 0.2) is 30.5 Å². The van der Waals surface area contributed by atoms with Crippen LogP contribution in [0.5, 0.6) is 0 Å². The minimum atomic E-state index is -1.18. The van der Waals surface area contributed by atoms with E-state index in [2.05, 4.69) is 26.3 Å². The summed E-state index contributed by atoms with van der Waals surface area (Å²) in [4.78, 5) is 52.5. The van der Waals surface area contributed by atoms with Crippen molar-refractivity contribution in [3.05, 3.63) is 36.0 Å². The van der Waals surface area contributed by atoms with Gasteiger partial charge in [0, 0.05) is 23.5 Å². The first-order valence-corrected chi connectivity index (χ1v) is 11.1. The molecule has 178 valence electrons. The van der Waals surface area contributed by atoms with Crippen LogP contribution < -0.4 is 21.3 Å². The van der Waals surface area contributed by atoms with Crippen LogP contribution in [0.1, 0.15) is 32.3 Å². The molecular formula is C23H31N5O5. The third-order valence-electron chi connectivity index (χ3n) is 5.77. The summed E-state index contributed by atoms with van der Waals surface area (Å²) < 4.78 is 0. The Bertz CT molecular complexity index is 1010. The average Bonchev–Trinajstić information content (AvgIpc) is 3.45. The number of H-pyrrole nitrogens is 1. The molecule has 2 aromatic rings. The van der Waals surface area contributed by atoms with Crippen molar-refractivity contribution in [1.82, 2.24) is 26.3 Å². The number of nitrogens with one attached hydrogen (secondary N) is 5. The van der Waals surface area contributed by atoms with Crippen LogP contribution in [0.25, 0.3) is 10.9 Å². The van der Waals surface area contributed by atoms with E-state index in [1.807, 2.05) is 30.5 Å². The number of aromatic amines is 1. The van der Waals surface area contributed by atoms with Gasteiger partial charge in [-0.3, -0.25) is 19.2 Å². The van der Waals surface area contributed by atoms with Crippen molar-refractivity contribution in [3.8, 4) is 0 Å². The number of carboxylic acid groups (broad SMARTS) is 1. The number of benzene rings is 1. The summed E-state index contributed by atoms with van der Waals surface area (Å²) in [5.41, 5.74) is 1.78. The van der Waals surface area contributed by atoms with Crippen molar-refractivity contribution >= 4 is 34.6 Å². The Morgan fingerprint density at radius 1 is 1.12 bits per heavy atom. The molecule has 0 aliphatic carbocycles. The van der Waals surface area contributed by atoms with E-state index in [9.17, 15) is 19.2 Å². The summed E-state index contributed by atoms with van der Waals surface area (Å²) in [6.45, 7) is 3.71. The minimum absolute atomic E-state index is 0.232. The molecule has 1 aliphatic heterocycles. The van der Waals surface area contributed by atoms with Crippen LogP contribution in [0.2, 0.25) is 0 Å². The maximum atomic E-state index is 13.3. The number of aliphatic carboxylic acids is 1. The Labute approximate surface area is 191 Å². The van der Waals surface area contributed by atoms with Crippen molar-refractivity contribution in [1.29, 1.82) is 0 Å². The standard InChI is InChI=1S/C23H31N5O5/c1-13(2)20(23(33)26-12-19(29)30)28-22(32)18(27-21(31)17-8-5-9-24-17)10-14-11-25-16-7-4-3-6-15(14)16/h3-4,6-7,11,13,17-18,20,24-25H,5,8-10,12H2,1-2H3,(H,26,33)(H,27,31)(H,28,32)(H,29,30). The fourth-order valence-corrected chi connectivity index (χ4v) is 3.97. The molecule has 0 bridgehead atoms. The summed E-state index contributed by atoms with van der Waals surface area (Å²) in [7, 11) is 0. The SMILES string of the molecule is CC(C)C(NC(=O)C(Cc1c[nH]c2ccccc12)NC(=O)C1CCCN1)C(=O)NCC(=O)O. The number of rotatable bonds is 10. The molecule has 0 radical (unpaired) electrons. The zero-order valence-corrected chi connectivity index (χ0v) is 18.8. The molecule has 2 heterocycles. The molecular weight excluding hydrogens is 426 g/mol. The first-order chi connectivity index (χ1) is 15.8. The molecule has 10 heteroatoms. The van der Waals surface area contributed by atoms with E-state index >= 15 is 0 Å². The third-order valence-corrected chi connectivity index (χ3v) is 5.77. The number of hydrogen-bond acceptors (Lipinski definition) is 5. The summed E-state index contributed by atoms with van der Waals surface area (Å²) >= 11 is 0. The lowest BCUT2D eigenvalue weighted by molar-refractivity contribution is -0.139. The molecule has 3 atom stereocenters. The topological polar surface area (TPSA) is 152 Å². The Balaban J connectivity index is 1.78. The van der Waals surface area contributed by atoms with E-state index in [4.69, 9.17) is 5.11 Å². The van der Waals surface area contributed by atoms with E-state index in [1.165, 1.54) is 0 Å². The number of amides is 3. The molecule has 1 aliphatic rings. The molecule has 0 saturated carbocycles. The second kappa shape index (κ2) is 11.0. The zero-order chi connectivity index (χ0) is 24.0. The number of carbonyl (C=O) groups excluding carboxylic acids is 3. The van der Waals surface area contributed by atoms with E-state index < -0.39 is 36.4 Å². The zero-order valence-electron chi connectivity index (χ0n) is 18.8. The van der Waals surface area contributed by atoms with E-state index in [0.29, 0.717) is 6.42 Å². The lowest BCUT2D eigenvalue weighted by Crippen LogP contribution is -2.57. The Hall–Kier alpha value is -3.40. The minimum Gasteiger partial charge on any atom is -0.480 e. The molecule has 3 rings (SSSR count). The van der Waals surface area contributed by atoms with Gasteiger partial charge in [0.1, 0.15) is 18.6 Å². The molecule has 10 nitrogen and oxygen atoms in total. The van der Waals surface area contributed by atoms with Gasteiger partial charge in [0.2, 0.25) is 17.7 Å². The predicted molar refractivity (Wildman–Crippen MR) is 122 cm³/mol. The van der Waals surface area contributed by atoms with Gasteiger partial charge in [-0.15, -0.1) is 0 Å². The second-order valence-corrected chi connectivity index (χ2v) is 8.62. The molecule has 6 N–H and O–H groups in total. The largest absolute Gasteiger partial charge is 0.480 e. The first-order valence-electron chi connectivity index (χ1n) is 11.1. The highest BCUT2D eigenvalue weighted by Gasteiger charge is 2.31. The monoisotopic (exact) mass is 457 g/mol. The predicted octanol–water partition coefficient (Wildman–Crippen LogP) is 0.289. The van der Waals surface area contributed by atoms with Gasteiger partial charge in [-0.25, -0.2) is 0 Å². The van der Waals surface area contributed by atoms with Crippen molar-refractivity contribution in [3.63, 3.8) is 0 Å². The van der Waals surface area contributed by atoms with Gasteiger partial charge in [0.05, 0.1) is 6.04 Å². The highest BCUT2D eigenvalue weighted by Crippen LogP contribution is 2.19. The van der Waals surface area contributed by atoms with Crippen LogP contribution in [0.4, 0.5) is 0 Å². The Morgan fingerprint density at radius 2 is 1.88 bits per heavy atom. The van der Waals surface area contributed by atoms with Gasteiger partial charge in [-0.2, -0.15) is 0 Å². The lowest BCUT2D eigenvalue weighted by Gasteiger charge is -2.26. The Kier molecular flexibility index (Phi) is 8.05. The molecule has 1 aromatic heterocycles. The fraction of sp³-hybridized carbons (Fsp3) is 0.478. The van der Waals surface area contributed by atoms with Crippen LogP contribution in [-0.2, 0) is 25.6 Å². The number of carboxylic acids is 1. The quantitative estimate of drug-likeness (QED) is 0.302. The first kappa shape index (κ1) is 24.2. The van der Waals surface area contributed by atoms with Crippen molar-refractivity contribution in [2.75, 3.05) is 13.1 Å². The molecule has 1 aromatic carbocycles. The Morgan fingerprint density at radius 3 is 2.55 bits per heavy atom. The van der Waals surface area contributed by atoms with E-state index in [0.717, 1.165) is 29.4 Å². The lowest BCUT2D eigenvalue weighted by atomic mass is 10.0. The van der Waals surface area contributed by atoms with Gasteiger partial charge in [-0.1, -0.05) is 32.0 Å². The van der Waals surface area contributed by atoms with Crippen molar-refractivity contribution < 1.29 is 24.3 Å². The van der Waals surface area contributed by atoms with Crippen LogP contribution in [-0.4, -0.2) is 65.0 Å². The number of carbonyl (C=O) groups is 4. The van der Waals surface area contributed by atoms with Gasteiger partial charge in [0.25, 0.3) is 0 Å². The number of para-hydroxylation sites is 1. The number of aromatic nitrogens is 1. The molecule has 33 heavy (non-hydrogen) atoms. The number of hydrogen-bond donors (Lipinski definition) is 6. The maximum absolute atomic E-state index is 13.3. The van der Waals surface area contributed by atoms with Gasteiger partial charge in [0.15, 0.2) is 0 Å². The van der Waals surface area contributed by atoms with Gasteiger partial charge in [-0.05, 0) is 36.9 Å². The second-order valence-electron chi connectivity index (χ2n) is 8.62. The molecule has 3 amide bonds. The van der Waals surface area contributed by atoms with Crippen LogP contribution in [0, 0.1) is 5.92 Å². The smallest absolute Gasteiger partial charge is 0.322 e. The normalized spacial score (nSPS) is 17.5. The van der Waals surface area contributed by atoms with E-state index in [1.54, 1.807) is 13.8 Å². The van der Waals surface area contributed by atoms with E-state index in [-0.39, 0.29) is 24.3 Å². The summed E-state index contributed by atoms with van der Waals surface area (Å²) in [6, 6.07) is 5.46. The summed E-state index contributed by atoms with van der Waals surface area (Å²) in [6.07, 6.45) is 3.62. The van der Waals surface area contributed by atoms with Crippen LogP contribution in [0.3, 0.4) is 0 Å². The molecule has 1 fully saturated rings. The van der Waals surface area contributed by atoms with Crippen LogP contribution >= 0.6 is 0 Å². The molecule has 0 spiro atoms. The third kappa shape index (κ3) is 6.32. The summed E-state index contributed by atoms with van der Waals surface area (Å²) in [5.74, 6) is -2.82. The van der Waals surface area contributed by atoms with Crippen molar-refractivity contribution in [2.24, 2.45) is 5.92 Å². The molecule has 1 saturated heterocycles. The van der Waals surface area contributed by atoms with Gasteiger partial charge >= 0.3 is 5.97 Å². The maximum Gasteiger partial charge on any atom is 0.322 e. The number of fused-ring (bicyclic) bond motifs is 1. The molecule has 3 unspecified atom stereocenters. The summed E-state index contributed by atoms with van der Waals surface area (Å²) in [5, 5.41) is 20.8. The highest BCUT2D eigenvalue weighted by molar-refractivity contribution is 5.94. The van der Waals surface area contributed by atoms with Crippen molar-refractivity contribution in [2.45, 2.75) is 51.2 Å². The fourth-order valence-electron chi connectivity index (χ4n) is 3.97. The van der Waals surface area contributed by atoms with Gasteiger partial charge < -0.3 is 31.4 Å². The highest BCUT2D eigenvalue weighted by atomic mass is 16.4.